The summed E-state index contributed by atoms with van der Waals surface area (Å²) in [6, 6.07) is 15.3. The van der Waals surface area contributed by atoms with Gasteiger partial charge in [0, 0.05) is 5.56 Å². The number of benzene rings is 2. The van der Waals surface area contributed by atoms with E-state index in [0.717, 1.165) is 23.2 Å². The van der Waals surface area contributed by atoms with E-state index in [1.54, 1.807) is 12.1 Å². The molecule has 17 heavy (non-hydrogen) atoms. The first kappa shape index (κ1) is 11.4. The zero-order chi connectivity index (χ0) is 12.1. The first-order valence-electron chi connectivity index (χ1n) is 5.52. The molecule has 0 unspecified atom stereocenters. The first-order valence-corrected chi connectivity index (χ1v) is 5.52. The van der Waals surface area contributed by atoms with Crippen molar-refractivity contribution in [3.8, 4) is 5.75 Å². The van der Waals surface area contributed by atoms with Gasteiger partial charge in [-0.05, 0) is 24.1 Å². The van der Waals surface area contributed by atoms with Crippen LogP contribution in [-0.4, -0.2) is 6.29 Å². The van der Waals surface area contributed by atoms with Crippen LogP contribution in [0, 0.1) is 6.92 Å². The first-order chi connectivity index (χ1) is 8.29. The average Bonchev–Trinajstić information content (AvgIpc) is 2.38. The minimum absolute atomic E-state index is 0.518. The molecule has 0 heterocycles. The van der Waals surface area contributed by atoms with Crippen molar-refractivity contribution in [3.05, 3.63) is 65.2 Å². The number of hydrogen-bond donors (Lipinski definition) is 0. The minimum atomic E-state index is 0.518. The highest BCUT2D eigenvalue weighted by molar-refractivity contribution is 5.74. The summed E-state index contributed by atoms with van der Waals surface area (Å²) in [5, 5.41) is 0. The summed E-state index contributed by atoms with van der Waals surface area (Å²) in [6.07, 6.45) is 0.839. The van der Waals surface area contributed by atoms with Crippen molar-refractivity contribution in [2.24, 2.45) is 0 Å². The molecule has 0 aromatic heterocycles. The smallest absolute Gasteiger partial charge is 0.150 e. The van der Waals surface area contributed by atoms with Gasteiger partial charge >= 0.3 is 0 Å². The quantitative estimate of drug-likeness (QED) is 0.747. The molecule has 0 bridgehead atoms. The fourth-order valence-electron chi connectivity index (χ4n) is 1.57. The number of carbonyl (C=O) groups excluding carboxylic acids is 1. The Bertz CT molecular complexity index is 501. The van der Waals surface area contributed by atoms with Crippen molar-refractivity contribution in [2.75, 3.05) is 0 Å². The van der Waals surface area contributed by atoms with Gasteiger partial charge in [0.2, 0.25) is 0 Å². The molecular formula is C15H14O2. The molecule has 0 fully saturated rings. The molecule has 2 nitrogen and oxygen atoms in total. The van der Waals surface area contributed by atoms with Gasteiger partial charge in [-0.1, -0.05) is 42.5 Å². The third kappa shape index (κ3) is 2.94. The summed E-state index contributed by atoms with van der Waals surface area (Å²) < 4.78 is 5.71. The predicted octanol–water partition coefficient (Wildman–Crippen LogP) is 3.39. The van der Waals surface area contributed by atoms with Gasteiger partial charge in [-0.15, -0.1) is 0 Å². The molecule has 2 aromatic rings. The fraction of sp³-hybridized carbons (Fsp3) is 0.133. The Hall–Kier alpha value is -2.09. The van der Waals surface area contributed by atoms with Crippen molar-refractivity contribution in [3.63, 3.8) is 0 Å². The van der Waals surface area contributed by atoms with Gasteiger partial charge in [0.15, 0.2) is 0 Å². The van der Waals surface area contributed by atoms with Gasteiger partial charge in [0.05, 0.1) is 0 Å². The fourth-order valence-corrected chi connectivity index (χ4v) is 1.57. The Morgan fingerprint density at radius 1 is 1.06 bits per heavy atom. The highest BCUT2D eigenvalue weighted by atomic mass is 16.5. The lowest BCUT2D eigenvalue weighted by Crippen LogP contribution is -1.96. The van der Waals surface area contributed by atoms with Crippen LogP contribution in [0.3, 0.4) is 0 Å². The maximum absolute atomic E-state index is 10.5. The summed E-state index contributed by atoms with van der Waals surface area (Å²) in [6.45, 7) is 2.54. The summed E-state index contributed by atoms with van der Waals surface area (Å²) in [7, 11) is 0. The van der Waals surface area contributed by atoms with E-state index in [9.17, 15) is 4.79 Å². The maximum atomic E-state index is 10.5. The summed E-state index contributed by atoms with van der Waals surface area (Å²) in [4.78, 5) is 10.5. The average molecular weight is 226 g/mol. The molecule has 0 spiro atoms. The SMILES string of the molecule is Cc1ccccc1OCc1ccc(C=O)cc1. The molecule has 0 amide bonds. The second-order valence-electron chi connectivity index (χ2n) is 3.91. The molecule has 0 radical (unpaired) electrons. The van der Waals surface area contributed by atoms with Crippen molar-refractivity contribution in [1.82, 2.24) is 0 Å². The lowest BCUT2D eigenvalue weighted by Gasteiger charge is -2.08. The molecule has 86 valence electrons. The van der Waals surface area contributed by atoms with Gasteiger partial charge < -0.3 is 4.74 Å². The second-order valence-corrected chi connectivity index (χ2v) is 3.91. The van der Waals surface area contributed by atoms with E-state index in [0.29, 0.717) is 12.2 Å². The van der Waals surface area contributed by atoms with E-state index in [2.05, 4.69) is 0 Å². The Morgan fingerprint density at radius 3 is 2.41 bits per heavy atom. The molecule has 0 saturated heterocycles. The molecule has 0 N–H and O–H groups in total. The van der Waals surface area contributed by atoms with E-state index >= 15 is 0 Å². The van der Waals surface area contributed by atoms with E-state index in [4.69, 9.17) is 4.74 Å². The van der Waals surface area contributed by atoms with Crippen molar-refractivity contribution >= 4 is 6.29 Å². The van der Waals surface area contributed by atoms with Crippen molar-refractivity contribution in [1.29, 1.82) is 0 Å². The standard InChI is InChI=1S/C15H14O2/c1-12-4-2-3-5-15(12)17-11-14-8-6-13(10-16)7-9-14/h2-10H,11H2,1H3. The number of rotatable bonds is 4. The van der Waals surface area contributed by atoms with Crippen LogP contribution in [-0.2, 0) is 6.61 Å². The summed E-state index contributed by atoms with van der Waals surface area (Å²) in [5.74, 6) is 0.895. The van der Waals surface area contributed by atoms with Gasteiger partial charge in [0.1, 0.15) is 18.6 Å². The minimum Gasteiger partial charge on any atom is -0.489 e. The predicted molar refractivity (Wildman–Crippen MR) is 67.3 cm³/mol. The van der Waals surface area contributed by atoms with Crippen LogP contribution in [0.4, 0.5) is 0 Å². The van der Waals surface area contributed by atoms with Gasteiger partial charge in [-0.25, -0.2) is 0 Å². The molecule has 0 saturated carbocycles. The van der Waals surface area contributed by atoms with Crippen LogP contribution in [0.2, 0.25) is 0 Å². The molecule has 0 aliphatic rings. The molecule has 2 rings (SSSR count). The number of ether oxygens (including phenoxy) is 1. The van der Waals surface area contributed by atoms with Gasteiger partial charge in [-0.2, -0.15) is 0 Å². The lowest BCUT2D eigenvalue weighted by atomic mass is 10.1. The topological polar surface area (TPSA) is 26.3 Å². The van der Waals surface area contributed by atoms with Crippen LogP contribution in [0.25, 0.3) is 0 Å². The number of carbonyl (C=O) groups is 1. The molecule has 0 aliphatic carbocycles. The molecular weight excluding hydrogens is 212 g/mol. The van der Waals surface area contributed by atoms with E-state index < -0.39 is 0 Å². The van der Waals surface area contributed by atoms with Gasteiger partial charge in [0.25, 0.3) is 0 Å². The van der Waals surface area contributed by atoms with Crippen molar-refractivity contribution < 1.29 is 9.53 Å². The molecule has 0 aliphatic heterocycles. The highest BCUT2D eigenvalue weighted by Gasteiger charge is 1.99. The normalized spacial score (nSPS) is 9.94. The van der Waals surface area contributed by atoms with Crippen LogP contribution in [0.1, 0.15) is 21.5 Å². The summed E-state index contributed by atoms with van der Waals surface area (Å²) >= 11 is 0. The van der Waals surface area contributed by atoms with Crippen LogP contribution >= 0.6 is 0 Å². The molecule has 0 atom stereocenters. The zero-order valence-electron chi connectivity index (χ0n) is 9.72. The van der Waals surface area contributed by atoms with Crippen LogP contribution in [0.5, 0.6) is 5.75 Å². The van der Waals surface area contributed by atoms with Crippen LogP contribution in [0.15, 0.2) is 48.5 Å². The Labute approximate surface area is 101 Å². The molecule has 2 aromatic carbocycles. The largest absolute Gasteiger partial charge is 0.489 e. The Balaban J connectivity index is 2.02. The number of aryl methyl sites for hydroxylation is 1. The number of hydrogen-bond acceptors (Lipinski definition) is 2. The summed E-state index contributed by atoms with van der Waals surface area (Å²) in [5.41, 5.74) is 2.86. The van der Waals surface area contributed by atoms with E-state index in [-0.39, 0.29) is 0 Å². The zero-order valence-corrected chi connectivity index (χ0v) is 9.72. The van der Waals surface area contributed by atoms with Crippen molar-refractivity contribution in [2.45, 2.75) is 13.5 Å². The van der Waals surface area contributed by atoms with Crippen LogP contribution < -0.4 is 4.74 Å². The van der Waals surface area contributed by atoms with E-state index in [1.165, 1.54) is 0 Å². The Morgan fingerprint density at radius 2 is 1.76 bits per heavy atom. The van der Waals surface area contributed by atoms with E-state index in [1.807, 2.05) is 43.3 Å². The monoisotopic (exact) mass is 226 g/mol. The van der Waals surface area contributed by atoms with Gasteiger partial charge in [-0.3, -0.25) is 4.79 Å². The third-order valence-electron chi connectivity index (χ3n) is 2.60. The number of para-hydroxylation sites is 1. The maximum Gasteiger partial charge on any atom is 0.150 e. The Kier molecular flexibility index (Phi) is 3.55. The second kappa shape index (κ2) is 5.30. The molecule has 2 heteroatoms. The number of aldehydes is 1. The lowest BCUT2D eigenvalue weighted by molar-refractivity contribution is 0.112. The highest BCUT2D eigenvalue weighted by Crippen LogP contribution is 2.17. The third-order valence-corrected chi connectivity index (χ3v) is 2.60.